The van der Waals surface area contributed by atoms with Gasteiger partial charge >= 0.3 is 30.6 Å². The van der Waals surface area contributed by atoms with Gasteiger partial charge in [0.2, 0.25) is 5.95 Å². The molecule has 0 fully saturated rings. The summed E-state index contributed by atoms with van der Waals surface area (Å²) in [4.78, 5) is 32.3. The second kappa shape index (κ2) is 15.0. The highest BCUT2D eigenvalue weighted by Crippen LogP contribution is 2.43. The van der Waals surface area contributed by atoms with Crippen molar-refractivity contribution in [3.05, 3.63) is 76.1 Å². The lowest BCUT2D eigenvalue weighted by atomic mass is 9.89. The van der Waals surface area contributed by atoms with Crippen molar-refractivity contribution in [2.45, 2.75) is 82.5 Å². The summed E-state index contributed by atoms with van der Waals surface area (Å²) < 4.78 is 128. The van der Waals surface area contributed by atoms with E-state index in [1.165, 1.54) is 0 Å². The van der Waals surface area contributed by atoms with Gasteiger partial charge in [-0.3, -0.25) is 9.69 Å². The van der Waals surface area contributed by atoms with E-state index < -0.39 is 71.3 Å². The molecule has 1 amide bonds. The van der Waals surface area contributed by atoms with Gasteiger partial charge in [0.25, 0.3) is 0 Å². The molecule has 0 spiro atoms. The first-order chi connectivity index (χ1) is 23.3. The lowest BCUT2D eigenvalue weighted by molar-refractivity contribution is -0.143. The molecular weight excluding hydrogens is 691 g/mol. The second-order valence-electron chi connectivity index (χ2n) is 11.6. The molecule has 50 heavy (non-hydrogen) atoms. The topological polar surface area (TPSA) is 125 Å². The van der Waals surface area contributed by atoms with Crippen molar-refractivity contribution in [1.82, 2.24) is 9.97 Å². The molecule has 0 aliphatic carbocycles. The number of nitrogens with one attached hydrogen (secondary N) is 1. The van der Waals surface area contributed by atoms with Gasteiger partial charge in [0, 0.05) is 18.9 Å². The fourth-order valence-corrected chi connectivity index (χ4v) is 5.61. The number of amides is 1. The Hall–Kier alpha value is -4.77. The van der Waals surface area contributed by atoms with Gasteiger partial charge in [-0.2, -0.15) is 39.5 Å². The summed E-state index contributed by atoms with van der Waals surface area (Å²) in [5.41, 5.74) is -4.81. The molecule has 0 saturated carbocycles. The number of carbonyl (C=O) groups is 2. The smallest absolute Gasteiger partial charge is 0.416 e. The summed E-state index contributed by atoms with van der Waals surface area (Å²) in [5, 5.41) is 21.5. The molecule has 1 aliphatic heterocycles. The molecule has 3 aromatic rings. The zero-order chi connectivity index (χ0) is 37.0. The molecule has 0 unspecified atom stereocenters. The van der Waals surface area contributed by atoms with Crippen LogP contribution < -0.4 is 15.0 Å². The standard InChI is InChI=1S/C32H31F9N4O5/c1-2-21-15-23(22-14-18(30(33,34)35)7-8-25(22)45(21)29(48)49)43-28-42-16-26(50-9-5-3-4-6-27(46)47)24(44-28)12-17-10-19(31(36,37)38)13-20(11-17)32(39,40)41/h7-8,10-11,13-14,16,21,23H,2-6,9,12,15H2,1H3,(H,46,47)(H,48,49)(H,42,43,44)/t21-,23+/m1/s1. The predicted octanol–water partition coefficient (Wildman–Crippen LogP) is 8.97. The molecule has 2 atom stereocenters. The highest BCUT2D eigenvalue weighted by Gasteiger charge is 2.40. The molecule has 1 aromatic heterocycles. The van der Waals surface area contributed by atoms with Crippen molar-refractivity contribution in [2.24, 2.45) is 0 Å². The number of aromatic nitrogens is 2. The Morgan fingerprint density at radius 2 is 1.54 bits per heavy atom. The summed E-state index contributed by atoms with van der Waals surface area (Å²) in [6, 6.07) is 1.93. The number of anilines is 2. The van der Waals surface area contributed by atoms with Crippen molar-refractivity contribution < 1.29 is 64.1 Å². The van der Waals surface area contributed by atoms with Crippen molar-refractivity contribution >= 4 is 23.7 Å². The van der Waals surface area contributed by atoms with Crippen LogP contribution in [0, 0.1) is 0 Å². The molecule has 0 bridgehead atoms. The fraction of sp³-hybridized carbons (Fsp3) is 0.438. The van der Waals surface area contributed by atoms with Crippen LogP contribution in [0.3, 0.4) is 0 Å². The van der Waals surface area contributed by atoms with E-state index in [9.17, 15) is 54.2 Å². The Labute approximate surface area is 279 Å². The maximum absolute atomic E-state index is 13.7. The number of rotatable bonds is 12. The number of hydrogen-bond acceptors (Lipinski definition) is 6. The lowest BCUT2D eigenvalue weighted by Crippen LogP contribution is -2.45. The fourth-order valence-electron chi connectivity index (χ4n) is 5.61. The van der Waals surface area contributed by atoms with Gasteiger partial charge in [0.1, 0.15) is 0 Å². The summed E-state index contributed by atoms with van der Waals surface area (Å²) in [6.45, 7) is 1.65. The third-order valence-corrected chi connectivity index (χ3v) is 7.98. The summed E-state index contributed by atoms with van der Waals surface area (Å²) in [5.74, 6) is -1.37. The minimum atomic E-state index is -5.12. The van der Waals surface area contributed by atoms with E-state index in [4.69, 9.17) is 9.84 Å². The van der Waals surface area contributed by atoms with E-state index in [1.807, 2.05) is 0 Å². The second-order valence-corrected chi connectivity index (χ2v) is 11.6. The van der Waals surface area contributed by atoms with Crippen molar-refractivity contribution in [1.29, 1.82) is 0 Å². The summed E-state index contributed by atoms with van der Waals surface area (Å²) in [6.07, 6.45) is -14.7. The third kappa shape index (κ3) is 9.47. The SMILES string of the molecule is CC[C@@H]1C[C@H](Nc2ncc(OCCCCCC(=O)O)c(Cc3cc(C(F)(F)F)cc(C(F)(F)F)c3)n2)c2cc(C(F)(F)F)ccc2N1C(=O)O. The number of ether oxygens (including phenoxy) is 1. The molecule has 9 nitrogen and oxygen atoms in total. The predicted molar refractivity (Wildman–Crippen MR) is 160 cm³/mol. The van der Waals surface area contributed by atoms with Crippen LogP contribution in [0.5, 0.6) is 5.75 Å². The van der Waals surface area contributed by atoms with Gasteiger partial charge in [-0.05, 0) is 79.6 Å². The number of carboxylic acid groups (broad SMARTS) is 2. The maximum atomic E-state index is 13.7. The molecule has 18 heteroatoms. The zero-order valence-corrected chi connectivity index (χ0v) is 26.2. The summed E-state index contributed by atoms with van der Waals surface area (Å²) in [7, 11) is 0. The number of halogens is 9. The molecule has 3 N–H and O–H groups in total. The van der Waals surface area contributed by atoms with E-state index in [1.54, 1.807) is 6.92 Å². The number of benzene rings is 2. The van der Waals surface area contributed by atoms with E-state index in [-0.39, 0.29) is 60.6 Å². The molecule has 0 saturated heterocycles. The number of hydrogen-bond donors (Lipinski definition) is 3. The van der Waals surface area contributed by atoms with Gasteiger partial charge in [-0.15, -0.1) is 0 Å². The Morgan fingerprint density at radius 1 is 0.900 bits per heavy atom. The first kappa shape index (κ1) is 38.0. The Bertz CT molecular complexity index is 1660. The number of nitrogens with zero attached hydrogens (tertiary/aromatic N) is 3. The van der Waals surface area contributed by atoms with Crippen LogP contribution in [0.1, 0.15) is 85.0 Å². The van der Waals surface area contributed by atoms with E-state index >= 15 is 0 Å². The van der Waals surface area contributed by atoms with Crippen LogP contribution in [-0.2, 0) is 29.7 Å². The van der Waals surface area contributed by atoms with Gasteiger partial charge in [0.15, 0.2) is 5.75 Å². The highest BCUT2D eigenvalue weighted by molar-refractivity contribution is 5.89. The summed E-state index contributed by atoms with van der Waals surface area (Å²) >= 11 is 0. The molecular formula is C32H31F9N4O5. The molecule has 2 heterocycles. The van der Waals surface area contributed by atoms with Gasteiger partial charge in [0.05, 0.1) is 46.9 Å². The van der Waals surface area contributed by atoms with Gasteiger partial charge in [-0.1, -0.05) is 6.92 Å². The monoisotopic (exact) mass is 722 g/mol. The number of fused-ring (bicyclic) bond motifs is 1. The van der Waals surface area contributed by atoms with Crippen LogP contribution >= 0.6 is 0 Å². The van der Waals surface area contributed by atoms with Crippen LogP contribution in [0.2, 0.25) is 0 Å². The van der Waals surface area contributed by atoms with Gasteiger partial charge < -0.3 is 20.3 Å². The normalized spacial score (nSPS) is 16.6. The molecule has 1 aliphatic rings. The van der Waals surface area contributed by atoms with E-state index in [0.717, 1.165) is 29.3 Å². The average molecular weight is 723 g/mol. The lowest BCUT2D eigenvalue weighted by Gasteiger charge is -2.39. The van der Waals surface area contributed by atoms with Crippen LogP contribution in [0.25, 0.3) is 0 Å². The zero-order valence-electron chi connectivity index (χ0n) is 26.2. The minimum Gasteiger partial charge on any atom is -0.490 e. The number of aliphatic carboxylic acids is 1. The van der Waals surface area contributed by atoms with Crippen LogP contribution in [0.15, 0.2) is 42.6 Å². The van der Waals surface area contributed by atoms with Gasteiger partial charge in [-0.25, -0.2) is 14.8 Å². The first-order valence-electron chi connectivity index (χ1n) is 15.3. The Morgan fingerprint density at radius 3 is 2.10 bits per heavy atom. The average Bonchev–Trinajstić information content (AvgIpc) is 3.01. The number of alkyl halides is 9. The van der Waals surface area contributed by atoms with E-state index in [2.05, 4.69) is 15.3 Å². The largest absolute Gasteiger partial charge is 0.490 e. The number of unbranched alkanes of at least 4 members (excludes halogenated alkanes) is 2. The molecule has 0 radical (unpaired) electrons. The van der Waals surface area contributed by atoms with Crippen LogP contribution in [-0.4, -0.2) is 44.9 Å². The molecule has 272 valence electrons. The molecule has 2 aromatic carbocycles. The number of carboxylic acids is 1. The Balaban J connectivity index is 1.74. The highest BCUT2D eigenvalue weighted by atomic mass is 19.4. The molecule has 4 rings (SSSR count). The first-order valence-corrected chi connectivity index (χ1v) is 15.3. The van der Waals surface area contributed by atoms with Crippen molar-refractivity contribution in [3.63, 3.8) is 0 Å². The van der Waals surface area contributed by atoms with E-state index in [0.29, 0.717) is 31.4 Å². The third-order valence-electron chi connectivity index (χ3n) is 7.98. The van der Waals surface area contributed by atoms with Crippen molar-refractivity contribution in [3.8, 4) is 5.75 Å². The quantitative estimate of drug-likeness (QED) is 0.125. The Kier molecular flexibility index (Phi) is 11.4. The minimum absolute atomic E-state index is 0.0205. The van der Waals surface area contributed by atoms with Crippen LogP contribution in [0.4, 0.5) is 55.9 Å². The maximum Gasteiger partial charge on any atom is 0.416 e. The van der Waals surface area contributed by atoms with Crippen molar-refractivity contribution in [2.75, 3.05) is 16.8 Å².